The molecule has 0 amide bonds. The minimum absolute atomic E-state index is 1.29. The van der Waals surface area contributed by atoms with Crippen LogP contribution in [0, 0.1) is 0 Å². The van der Waals surface area contributed by atoms with Gasteiger partial charge >= 0.3 is 0 Å². The van der Waals surface area contributed by atoms with Gasteiger partial charge < -0.3 is 0 Å². The van der Waals surface area contributed by atoms with Crippen molar-refractivity contribution in [2.24, 2.45) is 0 Å². The van der Waals surface area contributed by atoms with Gasteiger partial charge in [-0.1, -0.05) is 48.6 Å². The molecule has 0 N–H and O–H groups in total. The van der Waals surface area contributed by atoms with E-state index in [0.29, 0.717) is 0 Å². The maximum absolute atomic E-state index is 2.16. The second-order valence-corrected chi connectivity index (χ2v) is 9.04. The zero-order chi connectivity index (χ0) is 17.0. The van der Waals surface area contributed by atoms with Gasteiger partial charge in [-0.3, -0.25) is 0 Å². The van der Waals surface area contributed by atoms with Gasteiger partial charge in [0.15, 0.2) is 0 Å². The summed E-state index contributed by atoms with van der Waals surface area (Å²) >= 11 is 7.21. The molecule has 0 radical (unpaired) electrons. The number of thioether (sulfide) groups is 2. The summed E-state index contributed by atoms with van der Waals surface area (Å²) in [5.41, 5.74) is 0. The lowest BCUT2D eigenvalue weighted by Crippen LogP contribution is -1.56. The fourth-order valence-corrected chi connectivity index (χ4v) is 4.71. The standard InChI is InChI=1S/C20H20S4/c1-21-19-15-13-17(23-19)11-9-7-5-3-4-6-8-10-12-18-14-16-20(22-2)24-18/h3-16H,1-2H3/b4-3+,7-5+,8-6+,11-9+,12-10+. The summed E-state index contributed by atoms with van der Waals surface area (Å²) in [7, 11) is 0. The third-order valence-electron chi connectivity index (χ3n) is 2.91. The summed E-state index contributed by atoms with van der Waals surface area (Å²) in [4.78, 5) is 2.58. The highest BCUT2D eigenvalue weighted by atomic mass is 32.2. The van der Waals surface area contributed by atoms with Crippen LogP contribution in [-0.4, -0.2) is 12.5 Å². The van der Waals surface area contributed by atoms with E-state index in [1.165, 1.54) is 18.2 Å². The van der Waals surface area contributed by atoms with E-state index in [2.05, 4.69) is 61.1 Å². The molecule has 0 saturated heterocycles. The quantitative estimate of drug-likeness (QED) is 0.336. The first kappa shape index (κ1) is 19.1. The predicted molar refractivity (Wildman–Crippen MR) is 118 cm³/mol. The maximum atomic E-state index is 2.16. The van der Waals surface area contributed by atoms with E-state index >= 15 is 0 Å². The van der Waals surface area contributed by atoms with Crippen molar-refractivity contribution in [1.29, 1.82) is 0 Å². The smallest absolute Gasteiger partial charge is 0.0602 e. The third-order valence-corrected chi connectivity index (χ3v) is 7.17. The molecule has 0 nitrogen and oxygen atoms in total. The molecular formula is C20H20S4. The van der Waals surface area contributed by atoms with Crippen molar-refractivity contribution < 1.29 is 0 Å². The van der Waals surface area contributed by atoms with E-state index in [1.54, 1.807) is 23.5 Å². The molecule has 2 aromatic rings. The number of hydrogen-bond acceptors (Lipinski definition) is 4. The van der Waals surface area contributed by atoms with E-state index in [4.69, 9.17) is 0 Å². The van der Waals surface area contributed by atoms with Gasteiger partial charge in [-0.25, -0.2) is 0 Å². The Kier molecular flexibility index (Phi) is 9.06. The number of rotatable bonds is 8. The van der Waals surface area contributed by atoms with Crippen LogP contribution in [0.1, 0.15) is 9.75 Å². The first-order valence-electron chi connectivity index (χ1n) is 7.44. The molecule has 0 spiro atoms. The Morgan fingerprint density at radius 1 is 0.583 bits per heavy atom. The van der Waals surface area contributed by atoms with E-state index in [1.807, 2.05) is 59.1 Å². The highest BCUT2D eigenvalue weighted by Crippen LogP contribution is 2.26. The molecule has 0 aliphatic heterocycles. The fraction of sp³-hybridized carbons (Fsp3) is 0.100. The Bertz CT molecular complexity index is 690. The molecule has 0 bridgehead atoms. The van der Waals surface area contributed by atoms with Crippen LogP contribution in [0.2, 0.25) is 0 Å². The number of hydrogen-bond donors (Lipinski definition) is 0. The minimum atomic E-state index is 1.29. The number of allylic oxidation sites excluding steroid dienone is 8. The molecule has 0 unspecified atom stereocenters. The van der Waals surface area contributed by atoms with Crippen LogP contribution in [0.15, 0.2) is 81.3 Å². The second-order valence-electron chi connectivity index (χ2n) is 4.59. The molecule has 24 heavy (non-hydrogen) atoms. The SMILES string of the molecule is CSc1ccc(/C=C/C=C/C=C/C=C/C=C/c2ccc(SC)s2)s1. The second kappa shape index (κ2) is 11.4. The van der Waals surface area contributed by atoms with Crippen molar-refractivity contribution in [2.75, 3.05) is 12.5 Å². The Morgan fingerprint density at radius 3 is 1.29 bits per heavy atom. The fourth-order valence-electron chi connectivity index (χ4n) is 1.75. The minimum Gasteiger partial charge on any atom is -0.129 e. The average Bonchev–Trinajstić information content (AvgIpc) is 3.25. The molecule has 124 valence electrons. The van der Waals surface area contributed by atoms with Gasteiger partial charge in [-0.2, -0.15) is 0 Å². The van der Waals surface area contributed by atoms with E-state index in [0.717, 1.165) is 0 Å². The lowest BCUT2D eigenvalue weighted by molar-refractivity contribution is 1.74. The first-order valence-corrected chi connectivity index (χ1v) is 11.5. The van der Waals surface area contributed by atoms with Gasteiger partial charge in [-0.05, 0) is 48.9 Å². The van der Waals surface area contributed by atoms with Crippen molar-refractivity contribution in [2.45, 2.75) is 8.42 Å². The summed E-state index contributed by atoms with van der Waals surface area (Å²) in [6, 6.07) is 8.63. The van der Waals surface area contributed by atoms with Gasteiger partial charge in [0.2, 0.25) is 0 Å². The summed E-state index contributed by atoms with van der Waals surface area (Å²) in [6.45, 7) is 0. The Morgan fingerprint density at radius 2 is 0.958 bits per heavy atom. The van der Waals surface area contributed by atoms with Crippen molar-refractivity contribution in [3.05, 3.63) is 82.6 Å². The summed E-state index contributed by atoms with van der Waals surface area (Å²) < 4.78 is 2.70. The molecule has 2 rings (SSSR count). The van der Waals surface area contributed by atoms with Crippen molar-refractivity contribution in [3.63, 3.8) is 0 Å². The Labute approximate surface area is 161 Å². The zero-order valence-corrected chi connectivity index (χ0v) is 17.0. The van der Waals surface area contributed by atoms with Crippen LogP contribution in [-0.2, 0) is 0 Å². The third kappa shape index (κ3) is 7.14. The van der Waals surface area contributed by atoms with Crippen LogP contribution >= 0.6 is 46.2 Å². The molecule has 2 aromatic heterocycles. The number of thiophene rings is 2. The van der Waals surface area contributed by atoms with Crippen LogP contribution in [0.25, 0.3) is 12.2 Å². The monoisotopic (exact) mass is 388 g/mol. The summed E-state index contributed by atoms with van der Waals surface area (Å²) in [5, 5.41) is 0. The lowest BCUT2D eigenvalue weighted by Gasteiger charge is -1.83. The normalized spacial score (nSPS) is 12.9. The van der Waals surface area contributed by atoms with Gasteiger partial charge in [-0.15, -0.1) is 46.2 Å². The van der Waals surface area contributed by atoms with Crippen molar-refractivity contribution in [3.8, 4) is 0 Å². The van der Waals surface area contributed by atoms with Gasteiger partial charge in [0.1, 0.15) is 0 Å². The zero-order valence-electron chi connectivity index (χ0n) is 13.7. The van der Waals surface area contributed by atoms with Gasteiger partial charge in [0.05, 0.1) is 8.42 Å². The van der Waals surface area contributed by atoms with Gasteiger partial charge in [0, 0.05) is 9.75 Å². The molecule has 0 fully saturated rings. The van der Waals surface area contributed by atoms with Crippen LogP contribution in [0.4, 0.5) is 0 Å². The van der Waals surface area contributed by atoms with E-state index < -0.39 is 0 Å². The molecule has 0 atom stereocenters. The first-order chi connectivity index (χ1) is 11.8. The molecular weight excluding hydrogens is 368 g/mol. The Balaban J connectivity index is 1.71. The summed E-state index contributed by atoms with van der Waals surface area (Å²) in [5.74, 6) is 0. The molecule has 0 aliphatic carbocycles. The molecule has 0 aliphatic rings. The van der Waals surface area contributed by atoms with E-state index in [9.17, 15) is 0 Å². The molecule has 4 heteroatoms. The molecule has 2 heterocycles. The highest BCUT2D eigenvalue weighted by molar-refractivity contribution is 8.00. The van der Waals surface area contributed by atoms with Crippen molar-refractivity contribution >= 4 is 58.3 Å². The van der Waals surface area contributed by atoms with Gasteiger partial charge in [0.25, 0.3) is 0 Å². The Hall–Kier alpha value is -1.20. The topological polar surface area (TPSA) is 0 Å². The predicted octanol–water partition coefficient (Wildman–Crippen LogP) is 7.65. The average molecular weight is 389 g/mol. The van der Waals surface area contributed by atoms with Crippen LogP contribution in [0.3, 0.4) is 0 Å². The lowest BCUT2D eigenvalue weighted by atomic mass is 10.3. The summed E-state index contributed by atoms with van der Waals surface area (Å²) in [6.07, 6.45) is 24.9. The maximum Gasteiger partial charge on any atom is 0.0602 e. The van der Waals surface area contributed by atoms with E-state index in [-0.39, 0.29) is 0 Å². The largest absolute Gasteiger partial charge is 0.129 e. The van der Waals surface area contributed by atoms with Crippen LogP contribution in [0.5, 0.6) is 0 Å². The van der Waals surface area contributed by atoms with Crippen LogP contribution < -0.4 is 0 Å². The molecule has 0 saturated carbocycles. The molecule has 0 aromatic carbocycles. The van der Waals surface area contributed by atoms with Crippen molar-refractivity contribution in [1.82, 2.24) is 0 Å². The highest BCUT2D eigenvalue weighted by Gasteiger charge is 1.94.